The van der Waals surface area contributed by atoms with Crippen LogP contribution in [0.25, 0.3) is 0 Å². The third-order valence-electron chi connectivity index (χ3n) is 2.62. The minimum atomic E-state index is 0.569. The van der Waals surface area contributed by atoms with Crippen LogP contribution in [-0.4, -0.2) is 11.5 Å². The number of hydrogen-bond acceptors (Lipinski definition) is 2. The lowest BCUT2D eigenvalue weighted by Gasteiger charge is -2.24. The van der Waals surface area contributed by atoms with Crippen LogP contribution in [0.5, 0.6) is 0 Å². The van der Waals surface area contributed by atoms with E-state index in [2.05, 4.69) is 16.8 Å². The van der Waals surface area contributed by atoms with Gasteiger partial charge in [-0.05, 0) is 36.8 Å². The minimum absolute atomic E-state index is 0.569. The zero-order chi connectivity index (χ0) is 13.0. The first kappa shape index (κ1) is 13.2. The van der Waals surface area contributed by atoms with Gasteiger partial charge >= 0.3 is 0 Å². The van der Waals surface area contributed by atoms with E-state index in [0.29, 0.717) is 10.0 Å². The van der Waals surface area contributed by atoms with E-state index in [0.717, 1.165) is 24.3 Å². The van der Waals surface area contributed by atoms with Gasteiger partial charge in [0.2, 0.25) is 0 Å². The van der Waals surface area contributed by atoms with Crippen LogP contribution in [0.15, 0.2) is 42.7 Å². The molecular formula is C14H14Cl2N2. The summed E-state index contributed by atoms with van der Waals surface area (Å²) in [5.41, 5.74) is 2.08. The topological polar surface area (TPSA) is 16.1 Å². The molecule has 0 saturated carbocycles. The fourth-order valence-electron chi connectivity index (χ4n) is 1.80. The molecule has 18 heavy (non-hydrogen) atoms. The Morgan fingerprint density at radius 1 is 1.11 bits per heavy atom. The first-order valence-electron chi connectivity index (χ1n) is 5.85. The highest BCUT2D eigenvalue weighted by atomic mass is 35.5. The molecule has 0 fully saturated rings. The number of pyridine rings is 1. The van der Waals surface area contributed by atoms with E-state index in [4.69, 9.17) is 23.2 Å². The number of benzene rings is 1. The molecule has 0 saturated heterocycles. The summed E-state index contributed by atoms with van der Waals surface area (Å²) < 4.78 is 0. The molecule has 0 N–H and O–H groups in total. The highest BCUT2D eigenvalue weighted by molar-refractivity contribution is 6.42. The van der Waals surface area contributed by atoms with Crippen molar-refractivity contribution in [1.29, 1.82) is 0 Å². The lowest BCUT2D eigenvalue weighted by Crippen LogP contribution is -2.17. The molecule has 0 amide bonds. The van der Waals surface area contributed by atoms with Gasteiger partial charge in [-0.3, -0.25) is 4.98 Å². The van der Waals surface area contributed by atoms with Gasteiger partial charge in [-0.15, -0.1) is 0 Å². The van der Waals surface area contributed by atoms with E-state index in [-0.39, 0.29) is 0 Å². The number of rotatable bonds is 4. The maximum atomic E-state index is 6.07. The maximum absolute atomic E-state index is 6.07. The number of nitrogens with zero attached hydrogens (tertiary/aromatic N) is 2. The highest BCUT2D eigenvalue weighted by Gasteiger charge is 2.10. The third kappa shape index (κ3) is 2.95. The Morgan fingerprint density at radius 2 is 1.94 bits per heavy atom. The van der Waals surface area contributed by atoms with Gasteiger partial charge in [-0.2, -0.15) is 0 Å². The molecule has 0 aliphatic rings. The van der Waals surface area contributed by atoms with Crippen LogP contribution in [0, 0.1) is 0 Å². The lowest BCUT2D eigenvalue weighted by atomic mass is 10.2. The predicted octanol–water partition coefficient (Wildman–Crippen LogP) is 4.94. The Kier molecular flexibility index (Phi) is 4.45. The molecule has 0 atom stereocenters. The highest BCUT2D eigenvalue weighted by Crippen LogP contribution is 2.31. The average molecular weight is 281 g/mol. The van der Waals surface area contributed by atoms with Crippen molar-refractivity contribution < 1.29 is 0 Å². The molecule has 1 heterocycles. The second kappa shape index (κ2) is 6.07. The van der Waals surface area contributed by atoms with Crippen LogP contribution in [0.2, 0.25) is 10.0 Å². The first-order valence-corrected chi connectivity index (χ1v) is 6.60. The summed E-state index contributed by atoms with van der Waals surface area (Å²) in [7, 11) is 0. The Bertz CT molecular complexity index is 514. The normalized spacial score (nSPS) is 10.4. The van der Waals surface area contributed by atoms with Crippen molar-refractivity contribution in [2.24, 2.45) is 0 Å². The number of hydrogen-bond donors (Lipinski definition) is 0. The van der Waals surface area contributed by atoms with E-state index in [1.54, 1.807) is 6.20 Å². The van der Waals surface area contributed by atoms with Gasteiger partial charge in [0.15, 0.2) is 0 Å². The minimum Gasteiger partial charge on any atom is -0.340 e. The average Bonchev–Trinajstić information content (AvgIpc) is 2.40. The second-order valence-electron chi connectivity index (χ2n) is 3.96. The largest absolute Gasteiger partial charge is 0.340 e. The summed E-state index contributed by atoms with van der Waals surface area (Å²) >= 11 is 12.0. The number of anilines is 2. The van der Waals surface area contributed by atoms with Crippen LogP contribution in [0.3, 0.4) is 0 Å². The summed E-state index contributed by atoms with van der Waals surface area (Å²) in [6.07, 6.45) is 4.65. The van der Waals surface area contributed by atoms with Crippen LogP contribution in [-0.2, 0) is 0 Å². The molecule has 1 aromatic heterocycles. The smallest absolute Gasteiger partial charge is 0.0613 e. The van der Waals surface area contributed by atoms with E-state index >= 15 is 0 Å². The van der Waals surface area contributed by atoms with Crippen molar-refractivity contribution in [3.63, 3.8) is 0 Å². The second-order valence-corrected chi connectivity index (χ2v) is 4.78. The van der Waals surface area contributed by atoms with Crippen molar-refractivity contribution in [1.82, 2.24) is 4.98 Å². The zero-order valence-electron chi connectivity index (χ0n) is 10.1. The fraction of sp³-hybridized carbons (Fsp3) is 0.214. The van der Waals surface area contributed by atoms with E-state index in [1.165, 1.54) is 0 Å². The number of aromatic nitrogens is 1. The summed E-state index contributed by atoms with van der Waals surface area (Å²) in [5, 5.41) is 1.14. The third-order valence-corrected chi connectivity index (χ3v) is 3.36. The van der Waals surface area contributed by atoms with Crippen molar-refractivity contribution in [3.05, 3.63) is 52.8 Å². The van der Waals surface area contributed by atoms with Crippen LogP contribution >= 0.6 is 23.2 Å². The fourth-order valence-corrected chi connectivity index (χ4v) is 2.09. The summed E-state index contributed by atoms with van der Waals surface area (Å²) in [5.74, 6) is 0. The molecule has 2 nitrogen and oxygen atoms in total. The number of halogens is 2. The van der Waals surface area contributed by atoms with Crippen molar-refractivity contribution >= 4 is 34.6 Å². The van der Waals surface area contributed by atoms with E-state index < -0.39 is 0 Å². The Labute approximate surface area is 117 Å². The van der Waals surface area contributed by atoms with Crippen LogP contribution in [0.4, 0.5) is 11.4 Å². The summed E-state index contributed by atoms with van der Waals surface area (Å²) in [6, 6.07) is 9.63. The monoisotopic (exact) mass is 280 g/mol. The van der Waals surface area contributed by atoms with Gasteiger partial charge in [0.05, 0.1) is 21.9 Å². The Hall–Kier alpha value is -1.25. The van der Waals surface area contributed by atoms with Gasteiger partial charge in [0.25, 0.3) is 0 Å². The quantitative estimate of drug-likeness (QED) is 0.789. The van der Waals surface area contributed by atoms with Gasteiger partial charge in [-0.25, -0.2) is 0 Å². The first-order chi connectivity index (χ1) is 8.72. The maximum Gasteiger partial charge on any atom is 0.0613 e. The molecule has 94 valence electrons. The molecule has 0 aliphatic heterocycles. The molecule has 2 aromatic rings. The Morgan fingerprint density at radius 3 is 2.56 bits per heavy atom. The van der Waals surface area contributed by atoms with E-state index in [9.17, 15) is 0 Å². The molecule has 0 aliphatic carbocycles. The molecule has 4 heteroatoms. The predicted molar refractivity (Wildman–Crippen MR) is 78.0 cm³/mol. The van der Waals surface area contributed by atoms with Crippen molar-refractivity contribution in [2.45, 2.75) is 13.3 Å². The molecular weight excluding hydrogens is 267 g/mol. The lowest BCUT2D eigenvalue weighted by molar-refractivity contribution is 0.883. The van der Waals surface area contributed by atoms with E-state index in [1.807, 2.05) is 36.5 Å². The molecule has 0 radical (unpaired) electrons. The SMILES string of the molecule is CCCN(c1cccnc1)c1ccc(Cl)c(Cl)c1. The van der Waals surface area contributed by atoms with Crippen molar-refractivity contribution in [3.8, 4) is 0 Å². The molecule has 0 unspecified atom stereocenters. The Balaban J connectivity index is 2.38. The molecule has 1 aromatic carbocycles. The van der Waals surface area contributed by atoms with Crippen LogP contribution < -0.4 is 4.90 Å². The molecule has 0 bridgehead atoms. The van der Waals surface area contributed by atoms with Gasteiger partial charge < -0.3 is 4.90 Å². The summed E-state index contributed by atoms with van der Waals surface area (Å²) in [4.78, 5) is 6.33. The van der Waals surface area contributed by atoms with Gasteiger partial charge in [-0.1, -0.05) is 30.1 Å². The molecule has 2 rings (SSSR count). The van der Waals surface area contributed by atoms with Crippen molar-refractivity contribution in [2.75, 3.05) is 11.4 Å². The standard InChI is InChI=1S/C14H14Cl2N2/c1-2-8-18(12-4-3-7-17-10-12)11-5-6-13(15)14(16)9-11/h3-7,9-10H,2,8H2,1H3. The molecule has 0 spiro atoms. The summed E-state index contributed by atoms with van der Waals surface area (Å²) in [6.45, 7) is 3.05. The van der Waals surface area contributed by atoms with Gasteiger partial charge in [0.1, 0.15) is 0 Å². The zero-order valence-corrected chi connectivity index (χ0v) is 11.6. The van der Waals surface area contributed by atoms with Gasteiger partial charge in [0, 0.05) is 18.4 Å². The van der Waals surface area contributed by atoms with Crippen LogP contribution in [0.1, 0.15) is 13.3 Å².